The molecule has 0 aliphatic carbocycles. The molecule has 3 heterocycles. The first-order valence-electron chi connectivity index (χ1n) is 7.74. The summed E-state index contributed by atoms with van der Waals surface area (Å²) >= 11 is 0. The van der Waals surface area contributed by atoms with Crippen LogP contribution < -0.4 is 10.6 Å². The molecule has 0 bridgehead atoms. The van der Waals surface area contributed by atoms with E-state index in [0.29, 0.717) is 11.6 Å². The van der Waals surface area contributed by atoms with Crippen LogP contribution in [0.3, 0.4) is 0 Å². The van der Waals surface area contributed by atoms with E-state index in [1.165, 1.54) is 0 Å². The largest absolute Gasteiger partial charge is 0.369 e. The van der Waals surface area contributed by atoms with Crippen LogP contribution in [0, 0.1) is 17.2 Å². The lowest BCUT2D eigenvalue weighted by Crippen LogP contribution is -2.39. The van der Waals surface area contributed by atoms with Crippen LogP contribution in [0.4, 0.5) is 5.69 Å². The summed E-state index contributed by atoms with van der Waals surface area (Å²) in [6.45, 7) is 1.76. The van der Waals surface area contributed by atoms with Gasteiger partial charge in [0.25, 0.3) is 0 Å². The lowest BCUT2D eigenvalue weighted by molar-refractivity contribution is -0.130. The third-order valence-electron chi connectivity index (χ3n) is 4.67. The minimum Gasteiger partial charge on any atom is -0.369 e. The summed E-state index contributed by atoms with van der Waals surface area (Å²) in [4.78, 5) is 17.5. The predicted octanol–water partition coefficient (Wildman–Crippen LogP) is 1.20. The number of hydrogen-bond acceptors (Lipinski definition) is 5. The van der Waals surface area contributed by atoms with Gasteiger partial charge in [-0.3, -0.25) is 4.79 Å². The molecule has 2 atom stereocenters. The molecule has 0 radical (unpaired) electrons. The van der Waals surface area contributed by atoms with Gasteiger partial charge in [0.2, 0.25) is 5.91 Å². The third-order valence-corrected chi connectivity index (χ3v) is 4.67. The third kappa shape index (κ3) is 2.90. The van der Waals surface area contributed by atoms with Crippen molar-refractivity contribution in [2.45, 2.75) is 37.9 Å². The van der Waals surface area contributed by atoms with Gasteiger partial charge >= 0.3 is 0 Å². The Labute approximate surface area is 129 Å². The van der Waals surface area contributed by atoms with Gasteiger partial charge in [-0.05, 0) is 43.7 Å². The van der Waals surface area contributed by atoms with Crippen LogP contribution >= 0.6 is 0 Å². The smallest absolute Gasteiger partial charge is 0.246 e. The summed E-state index contributed by atoms with van der Waals surface area (Å²) in [7, 11) is 0. The number of nitrogens with zero attached hydrogens (tertiary/aromatic N) is 3. The van der Waals surface area contributed by atoms with E-state index >= 15 is 0 Å². The molecule has 1 aromatic rings. The van der Waals surface area contributed by atoms with Crippen LogP contribution in [0.15, 0.2) is 18.3 Å². The number of carbonyl (C=O) groups excluding carboxylic acids is 1. The molecule has 116 valence electrons. The Hall–Kier alpha value is -2.13. The molecule has 6 nitrogen and oxygen atoms in total. The molecule has 6 heteroatoms. The number of hydrogen-bond donors (Lipinski definition) is 1. The molecule has 22 heavy (non-hydrogen) atoms. The Bertz CT molecular complexity index is 590. The van der Waals surface area contributed by atoms with E-state index in [0.717, 1.165) is 44.5 Å². The summed E-state index contributed by atoms with van der Waals surface area (Å²) in [6.07, 6.45) is 5.02. The second-order valence-electron chi connectivity index (χ2n) is 5.95. The van der Waals surface area contributed by atoms with Crippen molar-refractivity contribution < 1.29 is 9.53 Å². The first-order chi connectivity index (χ1) is 10.7. The van der Waals surface area contributed by atoms with E-state index in [1.54, 1.807) is 6.20 Å². The van der Waals surface area contributed by atoms with Gasteiger partial charge in [0.15, 0.2) is 5.69 Å². The first kappa shape index (κ1) is 14.8. The van der Waals surface area contributed by atoms with Gasteiger partial charge in [-0.1, -0.05) is 0 Å². The predicted molar refractivity (Wildman–Crippen MR) is 81.0 cm³/mol. The van der Waals surface area contributed by atoms with Crippen molar-refractivity contribution in [1.29, 1.82) is 5.26 Å². The highest BCUT2D eigenvalue weighted by atomic mass is 16.5. The van der Waals surface area contributed by atoms with E-state index < -0.39 is 6.10 Å². The second-order valence-corrected chi connectivity index (χ2v) is 5.95. The molecule has 0 spiro atoms. The Morgan fingerprint density at radius 1 is 1.36 bits per heavy atom. The van der Waals surface area contributed by atoms with Gasteiger partial charge in [-0.15, -0.1) is 0 Å². The Morgan fingerprint density at radius 3 is 2.77 bits per heavy atom. The number of piperidine rings is 1. The van der Waals surface area contributed by atoms with Crippen molar-refractivity contribution in [3.63, 3.8) is 0 Å². The molecular formula is C16H20N4O2. The molecule has 0 unspecified atom stereocenters. The number of anilines is 1. The minimum atomic E-state index is -0.411. The van der Waals surface area contributed by atoms with Crippen LogP contribution in [0.5, 0.6) is 0 Å². The standard InChI is InChI=1S/C16H20N4O2/c17-10-12-13(2-1-7-19-12)20-8-5-11(6-9-20)14-3-4-15(22-14)16(18)21/h1-2,7,11,14-15H,3-6,8-9H2,(H2,18,21)/t14-,15+/m0/s1. The number of aromatic nitrogens is 1. The fourth-order valence-corrected chi connectivity index (χ4v) is 3.47. The number of amides is 1. The summed E-state index contributed by atoms with van der Waals surface area (Å²) in [5, 5.41) is 9.15. The zero-order valence-electron chi connectivity index (χ0n) is 12.4. The summed E-state index contributed by atoms with van der Waals surface area (Å²) in [5.41, 5.74) is 6.70. The quantitative estimate of drug-likeness (QED) is 0.905. The second kappa shape index (κ2) is 6.32. The first-order valence-corrected chi connectivity index (χ1v) is 7.74. The van der Waals surface area contributed by atoms with Crippen molar-refractivity contribution >= 4 is 11.6 Å². The highest BCUT2D eigenvalue weighted by molar-refractivity contribution is 5.79. The van der Waals surface area contributed by atoms with Gasteiger partial charge in [-0.25, -0.2) is 4.98 Å². The topological polar surface area (TPSA) is 92.2 Å². The maximum Gasteiger partial charge on any atom is 0.246 e. The molecular weight excluding hydrogens is 280 g/mol. The number of nitrogens with two attached hydrogens (primary N) is 1. The van der Waals surface area contributed by atoms with Gasteiger partial charge < -0.3 is 15.4 Å². The molecule has 2 saturated heterocycles. The summed E-state index contributed by atoms with van der Waals surface area (Å²) in [5.74, 6) is 0.108. The van der Waals surface area contributed by atoms with Crippen molar-refractivity contribution in [2.24, 2.45) is 11.7 Å². The monoisotopic (exact) mass is 300 g/mol. The van der Waals surface area contributed by atoms with Gasteiger partial charge in [-0.2, -0.15) is 5.26 Å². The number of carbonyl (C=O) groups is 1. The molecule has 3 rings (SSSR count). The molecule has 0 aromatic carbocycles. The Kier molecular flexibility index (Phi) is 4.25. The molecule has 2 fully saturated rings. The average molecular weight is 300 g/mol. The fourth-order valence-electron chi connectivity index (χ4n) is 3.47. The lowest BCUT2D eigenvalue weighted by atomic mass is 9.89. The highest BCUT2D eigenvalue weighted by Gasteiger charge is 2.36. The number of nitriles is 1. The Balaban J connectivity index is 1.59. The Morgan fingerprint density at radius 2 is 2.14 bits per heavy atom. The van der Waals surface area contributed by atoms with Crippen molar-refractivity contribution in [1.82, 2.24) is 4.98 Å². The van der Waals surface area contributed by atoms with E-state index in [1.807, 2.05) is 12.1 Å². The highest BCUT2D eigenvalue weighted by Crippen LogP contribution is 2.33. The lowest BCUT2D eigenvalue weighted by Gasteiger charge is -2.36. The van der Waals surface area contributed by atoms with Crippen molar-refractivity contribution in [3.8, 4) is 6.07 Å². The molecule has 0 saturated carbocycles. The maximum atomic E-state index is 11.2. The maximum absolute atomic E-state index is 11.2. The van der Waals surface area contributed by atoms with Crippen LogP contribution in [-0.2, 0) is 9.53 Å². The van der Waals surface area contributed by atoms with Gasteiger partial charge in [0.05, 0.1) is 11.8 Å². The van der Waals surface area contributed by atoms with Crippen LogP contribution in [-0.4, -0.2) is 36.2 Å². The minimum absolute atomic E-state index is 0.143. The number of rotatable bonds is 3. The molecule has 1 amide bonds. The zero-order chi connectivity index (χ0) is 15.5. The number of pyridine rings is 1. The molecule has 1 aromatic heterocycles. The van der Waals surface area contributed by atoms with E-state index in [9.17, 15) is 4.79 Å². The molecule has 2 aliphatic heterocycles. The van der Waals surface area contributed by atoms with E-state index in [-0.39, 0.29) is 12.0 Å². The van der Waals surface area contributed by atoms with E-state index in [2.05, 4.69) is 16.0 Å². The molecule has 2 aliphatic rings. The molecule has 2 N–H and O–H groups in total. The van der Waals surface area contributed by atoms with Gasteiger partial charge in [0, 0.05) is 19.3 Å². The zero-order valence-corrected chi connectivity index (χ0v) is 12.4. The van der Waals surface area contributed by atoms with Crippen LogP contribution in [0.2, 0.25) is 0 Å². The van der Waals surface area contributed by atoms with Gasteiger partial charge in [0.1, 0.15) is 12.2 Å². The normalized spacial score (nSPS) is 25.9. The fraction of sp³-hybridized carbons (Fsp3) is 0.562. The number of ether oxygens (including phenoxy) is 1. The summed E-state index contributed by atoms with van der Waals surface area (Å²) < 4.78 is 5.79. The van der Waals surface area contributed by atoms with Crippen molar-refractivity contribution in [3.05, 3.63) is 24.0 Å². The number of primary amides is 1. The SMILES string of the molecule is N#Cc1ncccc1N1CCC([C@@H]2CC[C@H](C(N)=O)O2)CC1. The van der Waals surface area contributed by atoms with Crippen LogP contribution in [0.25, 0.3) is 0 Å². The summed E-state index contributed by atoms with van der Waals surface area (Å²) in [6, 6.07) is 5.96. The van der Waals surface area contributed by atoms with E-state index in [4.69, 9.17) is 15.7 Å². The van der Waals surface area contributed by atoms with Crippen molar-refractivity contribution in [2.75, 3.05) is 18.0 Å². The average Bonchev–Trinajstić information content (AvgIpc) is 3.05. The van der Waals surface area contributed by atoms with Crippen LogP contribution in [0.1, 0.15) is 31.4 Å².